The van der Waals surface area contributed by atoms with Crippen LogP contribution in [0.2, 0.25) is 0 Å². The van der Waals surface area contributed by atoms with Crippen molar-refractivity contribution < 1.29 is 13.2 Å². The van der Waals surface area contributed by atoms with Crippen molar-refractivity contribution in [2.75, 3.05) is 29.3 Å². The monoisotopic (exact) mass is 456 g/mol. The summed E-state index contributed by atoms with van der Waals surface area (Å²) in [4.78, 5) is 20.1. The highest BCUT2D eigenvalue weighted by molar-refractivity contribution is 7.92. The van der Waals surface area contributed by atoms with Gasteiger partial charge in [-0.25, -0.2) is 13.4 Å². The molecule has 162 valence electrons. The number of hydrogen-bond donors (Lipinski definition) is 1. The molecular weight excluding hydrogens is 432 g/mol. The molecule has 1 amide bonds. The Kier molecular flexibility index (Phi) is 6.24. The van der Waals surface area contributed by atoms with E-state index in [0.29, 0.717) is 31.1 Å². The predicted molar refractivity (Wildman–Crippen MR) is 123 cm³/mol. The normalized spacial score (nSPS) is 13.5. The van der Waals surface area contributed by atoms with Crippen LogP contribution >= 0.6 is 11.3 Å². The fraction of sp³-hybridized carbons (Fsp3) is 0.273. The third-order valence-corrected chi connectivity index (χ3v) is 8.15. The van der Waals surface area contributed by atoms with E-state index in [1.165, 1.54) is 27.0 Å². The first-order valence-electron chi connectivity index (χ1n) is 10.1. The number of nitrogens with one attached hydrogen (secondary N) is 1. The van der Waals surface area contributed by atoms with Gasteiger partial charge in [0.2, 0.25) is 5.91 Å². The molecule has 2 aromatic heterocycles. The number of carbonyl (C=O) groups is 1. The lowest BCUT2D eigenvalue weighted by Crippen LogP contribution is -2.38. The van der Waals surface area contributed by atoms with Crippen molar-refractivity contribution >= 4 is 38.8 Å². The Labute approximate surface area is 186 Å². The molecule has 0 bridgehead atoms. The number of carbonyl (C=O) groups excluding carboxylic acids is 1. The number of thiophene rings is 1. The molecule has 1 N–H and O–H groups in total. The molecule has 31 heavy (non-hydrogen) atoms. The molecule has 3 heterocycles. The van der Waals surface area contributed by atoms with Gasteiger partial charge in [-0.3, -0.25) is 9.10 Å². The zero-order chi connectivity index (χ0) is 21.8. The molecule has 1 aliphatic heterocycles. The molecule has 0 spiro atoms. The molecule has 0 unspecified atom stereocenters. The molecule has 9 heteroatoms. The fourth-order valence-corrected chi connectivity index (χ4v) is 5.90. The van der Waals surface area contributed by atoms with Crippen molar-refractivity contribution in [3.8, 4) is 0 Å². The van der Waals surface area contributed by atoms with Crippen LogP contribution in [-0.2, 0) is 27.8 Å². The number of amides is 1. The van der Waals surface area contributed by atoms with E-state index in [4.69, 9.17) is 0 Å². The van der Waals surface area contributed by atoms with Crippen LogP contribution in [0.3, 0.4) is 0 Å². The summed E-state index contributed by atoms with van der Waals surface area (Å²) in [6, 6.07) is 14.1. The number of rotatable bonds is 7. The first kappa shape index (κ1) is 21.3. The quantitative estimate of drug-likeness (QED) is 0.590. The summed E-state index contributed by atoms with van der Waals surface area (Å²) in [5, 5.41) is 5.07. The molecule has 1 aliphatic rings. The number of fused-ring (bicyclic) bond motifs is 1. The number of pyridine rings is 1. The maximum absolute atomic E-state index is 13.0. The minimum atomic E-state index is -3.72. The lowest BCUT2D eigenvalue weighted by Gasteiger charge is -2.27. The van der Waals surface area contributed by atoms with Crippen LogP contribution in [0.4, 0.5) is 11.5 Å². The highest BCUT2D eigenvalue weighted by Gasteiger charge is 2.24. The molecule has 3 aromatic rings. The second-order valence-corrected chi connectivity index (χ2v) is 10.0. The van der Waals surface area contributed by atoms with Gasteiger partial charge in [-0.15, -0.1) is 11.3 Å². The van der Waals surface area contributed by atoms with Gasteiger partial charge in [0.15, 0.2) is 0 Å². The van der Waals surface area contributed by atoms with Crippen molar-refractivity contribution in [2.45, 2.75) is 24.8 Å². The van der Waals surface area contributed by atoms with Gasteiger partial charge >= 0.3 is 0 Å². The zero-order valence-corrected chi connectivity index (χ0v) is 18.8. The van der Waals surface area contributed by atoms with Crippen LogP contribution in [0.15, 0.2) is 65.0 Å². The van der Waals surface area contributed by atoms with Gasteiger partial charge in [0.25, 0.3) is 10.0 Å². The van der Waals surface area contributed by atoms with Gasteiger partial charge in [-0.05, 0) is 54.6 Å². The maximum atomic E-state index is 13.0. The summed E-state index contributed by atoms with van der Waals surface area (Å²) in [5.41, 5.74) is 1.82. The van der Waals surface area contributed by atoms with Gasteiger partial charge in [0, 0.05) is 30.7 Å². The fourth-order valence-electron chi connectivity index (χ4n) is 3.59. The van der Waals surface area contributed by atoms with Crippen LogP contribution in [0.5, 0.6) is 0 Å². The zero-order valence-electron chi connectivity index (χ0n) is 17.2. The highest BCUT2D eigenvalue weighted by atomic mass is 32.2. The Morgan fingerprint density at radius 2 is 2.00 bits per heavy atom. The van der Waals surface area contributed by atoms with Crippen LogP contribution in [0, 0.1) is 0 Å². The Morgan fingerprint density at radius 1 is 1.19 bits per heavy atom. The third-order valence-electron chi connectivity index (χ3n) is 5.24. The maximum Gasteiger partial charge on any atom is 0.265 e. The number of aromatic nitrogens is 1. The standard InChI is InChI=1S/C22H24N4O3S2/c1-2-26(18-6-4-3-5-7-18)31(28,29)19-8-9-21(23-14-19)24-15-22(27)25-12-10-20-17(16-25)11-13-30-20/h3-9,11,13-14H,2,10,12,15-16H2,1H3,(H,23,24). The largest absolute Gasteiger partial charge is 0.361 e. The molecule has 1 aromatic carbocycles. The lowest BCUT2D eigenvalue weighted by molar-refractivity contribution is -0.130. The summed E-state index contributed by atoms with van der Waals surface area (Å²) < 4.78 is 27.4. The van der Waals surface area contributed by atoms with Crippen molar-refractivity contribution in [2.24, 2.45) is 0 Å². The molecule has 0 atom stereocenters. The minimum Gasteiger partial charge on any atom is -0.361 e. The van der Waals surface area contributed by atoms with Gasteiger partial charge < -0.3 is 10.2 Å². The highest BCUT2D eigenvalue weighted by Crippen LogP contribution is 2.25. The SMILES string of the molecule is CCN(c1ccccc1)S(=O)(=O)c1ccc(NCC(=O)N2CCc3sccc3C2)nc1. The molecule has 7 nitrogen and oxygen atoms in total. The van der Waals surface area contributed by atoms with Gasteiger partial charge in [-0.2, -0.15) is 0 Å². The Morgan fingerprint density at radius 3 is 2.71 bits per heavy atom. The van der Waals surface area contributed by atoms with Crippen molar-refractivity contribution in [3.05, 3.63) is 70.5 Å². The van der Waals surface area contributed by atoms with Crippen LogP contribution in [-0.4, -0.2) is 43.8 Å². The van der Waals surface area contributed by atoms with E-state index in [2.05, 4.69) is 21.7 Å². The van der Waals surface area contributed by atoms with E-state index in [9.17, 15) is 13.2 Å². The molecule has 0 fully saturated rings. The van der Waals surface area contributed by atoms with Crippen LogP contribution in [0.1, 0.15) is 17.4 Å². The summed E-state index contributed by atoms with van der Waals surface area (Å²) in [6.45, 7) is 3.56. The lowest BCUT2D eigenvalue weighted by atomic mass is 10.1. The van der Waals surface area contributed by atoms with Gasteiger partial charge in [0.1, 0.15) is 10.7 Å². The van der Waals surface area contributed by atoms with Gasteiger partial charge in [-0.1, -0.05) is 18.2 Å². The average molecular weight is 457 g/mol. The van der Waals surface area contributed by atoms with E-state index in [1.54, 1.807) is 48.6 Å². The summed E-state index contributed by atoms with van der Waals surface area (Å²) in [7, 11) is -3.72. The molecule has 0 saturated carbocycles. The second kappa shape index (κ2) is 9.07. The summed E-state index contributed by atoms with van der Waals surface area (Å²) in [6.07, 6.45) is 2.21. The first-order chi connectivity index (χ1) is 15.0. The number of anilines is 2. The molecular formula is C22H24N4O3S2. The van der Waals surface area contributed by atoms with E-state index in [1.807, 2.05) is 11.0 Å². The molecule has 4 rings (SSSR count). The number of para-hydroxylation sites is 1. The molecule has 0 aliphatic carbocycles. The predicted octanol–water partition coefficient (Wildman–Crippen LogP) is 3.36. The number of nitrogens with zero attached hydrogens (tertiary/aromatic N) is 3. The van der Waals surface area contributed by atoms with Crippen LogP contribution in [0.25, 0.3) is 0 Å². The summed E-state index contributed by atoms with van der Waals surface area (Å²) in [5.74, 6) is 0.458. The van der Waals surface area contributed by atoms with Crippen LogP contribution < -0.4 is 9.62 Å². The molecule has 0 saturated heterocycles. The van der Waals surface area contributed by atoms with Crippen molar-refractivity contribution in [3.63, 3.8) is 0 Å². The Hall–Kier alpha value is -2.91. The Bertz CT molecular complexity index is 1150. The van der Waals surface area contributed by atoms with E-state index in [-0.39, 0.29) is 17.3 Å². The smallest absolute Gasteiger partial charge is 0.265 e. The number of sulfonamides is 1. The summed E-state index contributed by atoms with van der Waals surface area (Å²) >= 11 is 1.74. The second-order valence-electron chi connectivity index (χ2n) is 7.17. The van der Waals surface area contributed by atoms with E-state index >= 15 is 0 Å². The third kappa shape index (κ3) is 4.57. The number of benzene rings is 1. The first-order valence-corrected chi connectivity index (χ1v) is 12.4. The Balaban J connectivity index is 1.39. The topological polar surface area (TPSA) is 82.6 Å². The van der Waals surface area contributed by atoms with Crippen molar-refractivity contribution in [1.82, 2.24) is 9.88 Å². The molecule has 0 radical (unpaired) electrons. The average Bonchev–Trinajstić information content (AvgIpc) is 3.27. The van der Waals surface area contributed by atoms with E-state index in [0.717, 1.165) is 6.42 Å². The van der Waals surface area contributed by atoms with Crippen molar-refractivity contribution in [1.29, 1.82) is 0 Å². The number of hydrogen-bond acceptors (Lipinski definition) is 6. The van der Waals surface area contributed by atoms with E-state index < -0.39 is 10.0 Å². The minimum absolute atomic E-state index is 0.00316. The van der Waals surface area contributed by atoms with Gasteiger partial charge in [0.05, 0.1) is 12.2 Å².